The predicted octanol–water partition coefficient (Wildman–Crippen LogP) is 5.88. The van der Waals surface area contributed by atoms with Crippen molar-refractivity contribution < 1.29 is 0 Å². The SMILES string of the molecule is Cc1ccccc1Nc1c(-c2cccs2)nc2ccc(Br)cn12. The van der Waals surface area contributed by atoms with Gasteiger partial charge in [0.25, 0.3) is 0 Å². The van der Waals surface area contributed by atoms with Crippen molar-refractivity contribution in [2.75, 3.05) is 5.32 Å². The highest BCUT2D eigenvalue weighted by molar-refractivity contribution is 9.10. The van der Waals surface area contributed by atoms with Gasteiger partial charge in [0.1, 0.15) is 17.2 Å². The highest BCUT2D eigenvalue weighted by Gasteiger charge is 2.16. The van der Waals surface area contributed by atoms with Crippen LogP contribution in [0.1, 0.15) is 5.56 Å². The minimum absolute atomic E-state index is 0.924. The molecule has 1 N–H and O–H groups in total. The second-order valence-electron chi connectivity index (χ2n) is 5.30. The molecule has 0 bridgehead atoms. The molecule has 5 heteroatoms. The van der Waals surface area contributed by atoms with Gasteiger partial charge in [-0.25, -0.2) is 4.98 Å². The lowest BCUT2D eigenvalue weighted by atomic mass is 10.2. The Morgan fingerprint density at radius 3 is 2.74 bits per heavy atom. The topological polar surface area (TPSA) is 29.3 Å². The first kappa shape index (κ1) is 14.5. The monoisotopic (exact) mass is 383 g/mol. The number of benzene rings is 1. The van der Waals surface area contributed by atoms with Gasteiger partial charge in [-0.05, 0) is 58.1 Å². The number of pyridine rings is 1. The summed E-state index contributed by atoms with van der Waals surface area (Å²) in [6.07, 6.45) is 2.04. The van der Waals surface area contributed by atoms with E-state index in [2.05, 4.69) is 62.2 Å². The van der Waals surface area contributed by atoms with Crippen molar-refractivity contribution in [2.24, 2.45) is 0 Å². The molecule has 0 atom stereocenters. The maximum Gasteiger partial charge on any atom is 0.144 e. The predicted molar refractivity (Wildman–Crippen MR) is 101 cm³/mol. The average Bonchev–Trinajstić information content (AvgIpc) is 3.18. The summed E-state index contributed by atoms with van der Waals surface area (Å²) in [5.74, 6) is 0.984. The molecule has 23 heavy (non-hydrogen) atoms. The Morgan fingerprint density at radius 1 is 1.09 bits per heavy atom. The molecule has 1 aromatic carbocycles. The third kappa shape index (κ3) is 2.66. The number of nitrogens with zero attached hydrogens (tertiary/aromatic N) is 2. The molecule has 0 aliphatic rings. The number of fused-ring (bicyclic) bond motifs is 1. The van der Waals surface area contributed by atoms with E-state index in [0.717, 1.165) is 32.2 Å². The van der Waals surface area contributed by atoms with E-state index >= 15 is 0 Å². The number of para-hydroxylation sites is 1. The van der Waals surface area contributed by atoms with E-state index in [0.29, 0.717) is 0 Å². The van der Waals surface area contributed by atoms with Gasteiger partial charge >= 0.3 is 0 Å². The number of imidazole rings is 1. The lowest BCUT2D eigenvalue weighted by molar-refractivity contribution is 1.17. The summed E-state index contributed by atoms with van der Waals surface area (Å²) < 4.78 is 3.11. The maximum absolute atomic E-state index is 4.81. The Labute approximate surface area is 146 Å². The van der Waals surface area contributed by atoms with E-state index in [4.69, 9.17) is 4.98 Å². The molecule has 4 aromatic rings. The molecule has 3 nitrogen and oxygen atoms in total. The van der Waals surface area contributed by atoms with Gasteiger partial charge < -0.3 is 5.32 Å². The van der Waals surface area contributed by atoms with Crippen molar-refractivity contribution in [2.45, 2.75) is 6.92 Å². The Morgan fingerprint density at radius 2 is 1.96 bits per heavy atom. The fourth-order valence-electron chi connectivity index (χ4n) is 2.56. The maximum atomic E-state index is 4.81. The van der Waals surface area contributed by atoms with Crippen LogP contribution < -0.4 is 5.32 Å². The Balaban J connectivity index is 1.93. The molecular weight excluding hydrogens is 370 g/mol. The average molecular weight is 384 g/mol. The van der Waals surface area contributed by atoms with Crippen LogP contribution in [0.5, 0.6) is 0 Å². The van der Waals surface area contributed by atoms with E-state index in [1.165, 1.54) is 5.56 Å². The fourth-order valence-corrected chi connectivity index (χ4v) is 3.62. The largest absolute Gasteiger partial charge is 0.339 e. The summed E-state index contributed by atoms with van der Waals surface area (Å²) in [7, 11) is 0. The first-order valence-corrected chi connectivity index (χ1v) is 8.94. The van der Waals surface area contributed by atoms with E-state index in [1.54, 1.807) is 11.3 Å². The second-order valence-corrected chi connectivity index (χ2v) is 7.17. The van der Waals surface area contributed by atoms with Crippen LogP contribution in [0.2, 0.25) is 0 Å². The van der Waals surface area contributed by atoms with E-state index < -0.39 is 0 Å². The summed E-state index contributed by atoms with van der Waals surface area (Å²) in [4.78, 5) is 5.97. The van der Waals surface area contributed by atoms with Gasteiger partial charge in [-0.15, -0.1) is 11.3 Å². The van der Waals surface area contributed by atoms with Crippen molar-refractivity contribution in [3.05, 3.63) is 70.1 Å². The van der Waals surface area contributed by atoms with Gasteiger partial charge in [-0.3, -0.25) is 4.40 Å². The Bertz CT molecular complexity index is 973. The van der Waals surface area contributed by atoms with Gasteiger partial charge in [-0.2, -0.15) is 0 Å². The summed E-state index contributed by atoms with van der Waals surface area (Å²) in [5.41, 5.74) is 4.19. The van der Waals surface area contributed by atoms with Gasteiger partial charge in [0.2, 0.25) is 0 Å². The minimum atomic E-state index is 0.924. The Kier molecular flexibility index (Phi) is 3.67. The molecule has 0 unspecified atom stereocenters. The summed E-state index contributed by atoms with van der Waals surface area (Å²) in [5, 5.41) is 5.64. The normalized spacial score (nSPS) is 11.0. The van der Waals surface area contributed by atoms with Crippen LogP contribution in [0.15, 0.2) is 64.6 Å². The molecule has 0 saturated heterocycles. The van der Waals surface area contributed by atoms with Crippen LogP contribution in [-0.4, -0.2) is 9.38 Å². The van der Waals surface area contributed by atoms with Crippen LogP contribution in [0, 0.1) is 6.92 Å². The van der Waals surface area contributed by atoms with Crippen LogP contribution in [0.4, 0.5) is 11.5 Å². The van der Waals surface area contributed by atoms with Crippen molar-refractivity contribution in [3.8, 4) is 10.6 Å². The standard InChI is InChI=1S/C18H14BrN3S/c1-12-5-2-3-6-14(12)20-18-17(15-7-4-10-23-15)21-16-9-8-13(19)11-22(16)18/h2-11,20H,1H3. The number of anilines is 2. The number of nitrogens with one attached hydrogen (secondary N) is 1. The van der Waals surface area contributed by atoms with Gasteiger partial charge in [0.05, 0.1) is 4.88 Å². The zero-order valence-electron chi connectivity index (χ0n) is 12.5. The minimum Gasteiger partial charge on any atom is -0.339 e. The number of halogens is 1. The van der Waals surface area contributed by atoms with Crippen molar-refractivity contribution in [1.82, 2.24) is 9.38 Å². The smallest absolute Gasteiger partial charge is 0.144 e. The molecule has 0 spiro atoms. The van der Waals surface area contributed by atoms with Crippen LogP contribution in [-0.2, 0) is 0 Å². The number of hydrogen-bond donors (Lipinski definition) is 1. The summed E-state index contributed by atoms with van der Waals surface area (Å²) in [6, 6.07) is 16.5. The lowest BCUT2D eigenvalue weighted by Crippen LogP contribution is -1.98. The van der Waals surface area contributed by atoms with Crippen LogP contribution in [0.3, 0.4) is 0 Å². The van der Waals surface area contributed by atoms with Crippen molar-refractivity contribution in [1.29, 1.82) is 0 Å². The molecule has 0 radical (unpaired) electrons. The molecule has 0 fully saturated rings. The zero-order chi connectivity index (χ0) is 15.8. The van der Waals surface area contributed by atoms with Gasteiger partial charge in [-0.1, -0.05) is 24.3 Å². The number of aromatic nitrogens is 2. The zero-order valence-corrected chi connectivity index (χ0v) is 14.9. The van der Waals surface area contributed by atoms with Crippen LogP contribution >= 0.6 is 27.3 Å². The third-order valence-electron chi connectivity index (χ3n) is 3.74. The van der Waals surface area contributed by atoms with Crippen molar-refractivity contribution in [3.63, 3.8) is 0 Å². The number of thiophene rings is 1. The Hall–Kier alpha value is -2.11. The highest BCUT2D eigenvalue weighted by atomic mass is 79.9. The lowest BCUT2D eigenvalue weighted by Gasteiger charge is -2.10. The van der Waals surface area contributed by atoms with E-state index in [1.807, 2.05) is 30.5 Å². The molecule has 4 rings (SSSR count). The molecular formula is C18H14BrN3S. The van der Waals surface area contributed by atoms with Crippen LogP contribution in [0.25, 0.3) is 16.2 Å². The van der Waals surface area contributed by atoms with Crippen molar-refractivity contribution >= 4 is 44.4 Å². The molecule has 3 heterocycles. The highest BCUT2D eigenvalue weighted by Crippen LogP contribution is 2.34. The summed E-state index contributed by atoms with van der Waals surface area (Å²) >= 11 is 5.25. The first-order valence-electron chi connectivity index (χ1n) is 7.26. The summed E-state index contributed by atoms with van der Waals surface area (Å²) in [6.45, 7) is 2.10. The quantitative estimate of drug-likeness (QED) is 0.478. The second kappa shape index (κ2) is 5.83. The van der Waals surface area contributed by atoms with Gasteiger partial charge in [0.15, 0.2) is 0 Å². The van der Waals surface area contributed by atoms with E-state index in [-0.39, 0.29) is 0 Å². The number of hydrogen-bond acceptors (Lipinski definition) is 3. The number of aryl methyl sites for hydroxylation is 1. The van der Waals surface area contributed by atoms with E-state index in [9.17, 15) is 0 Å². The molecule has 3 aromatic heterocycles. The molecule has 0 amide bonds. The first-order chi connectivity index (χ1) is 11.2. The van der Waals surface area contributed by atoms with Gasteiger partial charge in [0, 0.05) is 16.4 Å². The fraction of sp³-hybridized carbons (Fsp3) is 0.0556. The third-order valence-corrected chi connectivity index (χ3v) is 5.08. The number of rotatable bonds is 3. The molecule has 0 aliphatic carbocycles. The molecule has 0 aliphatic heterocycles. The molecule has 0 saturated carbocycles. The molecule has 114 valence electrons.